The first kappa shape index (κ1) is 38.4. The predicted molar refractivity (Wildman–Crippen MR) is 205 cm³/mol. The normalized spacial score (nSPS) is 20.1. The lowest BCUT2D eigenvalue weighted by atomic mass is 10.0. The van der Waals surface area contributed by atoms with E-state index in [-0.39, 0.29) is 30.5 Å². The number of likely N-dealkylation sites (tertiary alicyclic amines) is 2. The molecule has 4 heterocycles. The number of ether oxygens (including phenoxy) is 2. The summed E-state index contributed by atoms with van der Waals surface area (Å²) >= 11 is 7.09. The average Bonchev–Trinajstić information content (AvgIpc) is 3.28. The summed E-state index contributed by atoms with van der Waals surface area (Å²) < 4.78 is 13.4. The molecule has 4 aliphatic rings. The van der Waals surface area contributed by atoms with Gasteiger partial charge in [-0.2, -0.15) is 0 Å². The molecule has 3 fully saturated rings. The summed E-state index contributed by atoms with van der Waals surface area (Å²) in [4.78, 5) is 63.0. The van der Waals surface area contributed by atoms with Crippen molar-refractivity contribution in [3.63, 3.8) is 0 Å². The monoisotopic (exact) mass is 844 g/mol. The lowest BCUT2D eigenvalue weighted by Crippen LogP contribution is -2.57. The van der Waals surface area contributed by atoms with Crippen LogP contribution in [0.1, 0.15) is 57.6 Å². The minimum absolute atomic E-state index is 0.00986. The number of amides is 5. The number of para-hydroxylation sites is 1. The van der Waals surface area contributed by atoms with Crippen LogP contribution in [0, 0.1) is 0 Å². The van der Waals surface area contributed by atoms with E-state index >= 15 is 0 Å². The minimum Gasteiger partial charge on any atom is -0.444 e. The fourth-order valence-corrected chi connectivity index (χ4v) is 9.06. The molecule has 0 spiro atoms. The highest BCUT2D eigenvalue weighted by Gasteiger charge is 2.37. The molecule has 6 rings (SSSR count). The molecule has 0 bridgehead atoms. The first-order valence-corrected chi connectivity index (χ1v) is 20.0. The highest BCUT2D eigenvalue weighted by Crippen LogP contribution is 2.27. The Labute approximate surface area is 323 Å². The lowest BCUT2D eigenvalue weighted by Gasteiger charge is -2.43. The van der Waals surface area contributed by atoms with Crippen LogP contribution in [0.15, 0.2) is 51.4 Å². The number of piperazine rings is 1. The van der Waals surface area contributed by atoms with Crippen LogP contribution < -0.4 is 5.32 Å². The number of hydrogen-bond donors (Lipinski definition) is 1. The van der Waals surface area contributed by atoms with Crippen LogP contribution in [0.25, 0.3) is 0 Å². The molecule has 282 valence electrons. The Morgan fingerprint density at radius 2 is 1.38 bits per heavy atom. The molecular weight excluding hydrogens is 796 g/mol. The van der Waals surface area contributed by atoms with Crippen molar-refractivity contribution in [3.05, 3.63) is 62.5 Å². The van der Waals surface area contributed by atoms with Gasteiger partial charge in [0.05, 0.1) is 0 Å². The van der Waals surface area contributed by atoms with Crippen molar-refractivity contribution >= 4 is 61.7 Å². The number of benzene rings is 2. The van der Waals surface area contributed by atoms with E-state index in [2.05, 4.69) is 42.1 Å². The molecule has 0 radical (unpaired) electrons. The van der Waals surface area contributed by atoms with Crippen molar-refractivity contribution in [3.8, 4) is 0 Å². The number of urea groups is 1. The van der Waals surface area contributed by atoms with Crippen LogP contribution in [-0.2, 0) is 27.1 Å². The van der Waals surface area contributed by atoms with Gasteiger partial charge in [0.15, 0.2) is 6.10 Å². The number of carbonyl (C=O) groups excluding carboxylic acids is 4. The smallest absolute Gasteiger partial charge is 0.410 e. The van der Waals surface area contributed by atoms with Gasteiger partial charge in [-0.05, 0) is 88.3 Å². The summed E-state index contributed by atoms with van der Waals surface area (Å²) in [5.41, 5.74) is 2.32. The van der Waals surface area contributed by atoms with Gasteiger partial charge in [0, 0.05) is 92.0 Å². The maximum atomic E-state index is 14.1. The van der Waals surface area contributed by atoms with Crippen molar-refractivity contribution in [1.29, 1.82) is 0 Å². The van der Waals surface area contributed by atoms with Crippen molar-refractivity contribution in [2.24, 2.45) is 0 Å². The Hall–Kier alpha value is -3.36. The van der Waals surface area contributed by atoms with Gasteiger partial charge in [-0.3, -0.25) is 9.69 Å². The molecular formula is C38H50Br2N6O6. The van der Waals surface area contributed by atoms with Crippen LogP contribution >= 0.6 is 31.9 Å². The Morgan fingerprint density at radius 3 is 2.02 bits per heavy atom. The summed E-state index contributed by atoms with van der Waals surface area (Å²) in [5.74, 6) is -0.195. The summed E-state index contributed by atoms with van der Waals surface area (Å²) in [6, 6.07) is 13.9. The van der Waals surface area contributed by atoms with E-state index in [0.717, 1.165) is 45.0 Å². The zero-order chi connectivity index (χ0) is 37.0. The molecule has 3 saturated heterocycles. The van der Waals surface area contributed by atoms with Crippen molar-refractivity contribution in [2.75, 3.05) is 64.2 Å². The van der Waals surface area contributed by atoms with Crippen LogP contribution in [0.3, 0.4) is 0 Å². The molecule has 0 aromatic heterocycles. The Balaban J connectivity index is 1.04. The molecule has 14 heteroatoms. The molecule has 1 N–H and O–H groups in total. The zero-order valence-corrected chi connectivity index (χ0v) is 33.5. The maximum Gasteiger partial charge on any atom is 0.410 e. The minimum atomic E-state index is -0.982. The third-order valence-electron chi connectivity index (χ3n) is 10.4. The molecule has 12 nitrogen and oxygen atoms in total. The molecule has 5 amide bonds. The first-order valence-electron chi connectivity index (χ1n) is 18.4. The van der Waals surface area contributed by atoms with E-state index in [1.165, 1.54) is 0 Å². The third-order valence-corrected chi connectivity index (χ3v) is 11.3. The third kappa shape index (κ3) is 9.79. The van der Waals surface area contributed by atoms with Crippen molar-refractivity contribution < 1.29 is 28.7 Å². The molecule has 0 aliphatic carbocycles. The highest BCUT2D eigenvalue weighted by atomic mass is 79.9. The van der Waals surface area contributed by atoms with E-state index in [1.807, 2.05) is 73.0 Å². The number of hydrogen-bond acceptors (Lipinski definition) is 7. The summed E-state index contributed by atoms with van der Waals surface area (Å²) in [6.07, 6.45) is 2.25. The van der Waals surface area contributed by atoms with Gasteiger partial charge >= 0.3 is 18.2 Å². The maximum absolute atomic E-state index is 14.1. The van der Waals surface area contributed by atoms with E-state index in [1.54, 1.807) is 9.80 Å². The van der Waals surface area contributed by atoms with Crippen LogP contribution in [0.2, 0.25) is 0 Å². The van der Waals surface area contributed by atoms with Crippen molar-refractivity contribution in [1.82, 2.24) is 24.5 Å². The largest absolute Gasteiger partial charge is 0.444 e. The summed E-state index contributed by atoms with van der Waals surface area (Å²) in [7, 11) is 0. The van der Waals surface area contributed by atoms with Gasteiger partial charge < -0.3 is 34.4 Å². The van der Waals surface area contributed by atoms with Crippen LogP contribution in [0.5, 0.6) is 0 Å². The topological polar surface area (TPSA) is 115 Å². The average molecular weight is 847 g/mol. The van der Waals surface area contributed by atoms with Gasteiger partial charge in [0.1, 0.15) is 5.60 Å². The van der Waals surface area contributed by atoms with Crippen LogP contribution in [0.4, 0.5) is 20.1 Å². The molecule has 0 unspecified atom stereocenters. The number of fused-ring (bicyclic) bond motifs is 1. The summed E-state index contributed by atoms with van der Waals surface area (Å²) in [5, 5.41) is 3.05. The molecule has 0 saturated carbocycles. The number of nitrogens with zero attached hydrogens (tertiary/aromatic N) is 5. The molecule has 2 aromatic carbocycles. The van der Waals surface area contributed by atoms with Crippen LogP contribution in [-0.4, -0.2) is 131 Å². The van der Waals surface area contributed by atoms with E-state index in [4.69, 9.17) is 9.47 Å². The Kier molecular flexibility index (Phi) is 12.4. The lowest BCUT2D eigenvalue weighted by molar-refractivity contribution is -0.143. The number of piperidine rings is 2. The summed E-state index contributed by atoms with van der Waals surface area (Å²) in [6.45, 7) is 10.9. The zero-order valence-electron chi connectivity index (χ0n) is 30.3. The second kappa shape index (κ2) is 16.8. The number of halogens is 2. The quantitative estimate of drug-likeness (QED) is 0.360. The number of nitrogens with one attached hydrogen (secondary N) is 1. The molecule has 4 aliphatic heterocycles. The number of carbonyl (C=O) groups is 4. The number of rotatable bonds is 6. The molecule has 1 atom stereocenters. The second-order valence-corrected chi connectivity index (χ2v) is 17.0. The molecule has 52 heavy (non-hydrogen) atoms. The first-order chi connectivity index (χ1) is 24.8. The van der Waals surface area contributed by atoms with E-state index < -0.39 is 17.8 Å². The second-order valence-electron chi connectivity index (χ2n) is 15.2. The van der Waals surface area contributed by atoms with E-state index in [9.17, 15) is 19.2 Å². The fraction of sp³-hybridized carbons (Fsp3) is 0.579. The SMILES string of the molecule is CC(C)(C)OC(=O)N1CCC(N2CCN(C(=O)[C@@H](Cc3cc(Br)cc(Br)c3)OC(=O)N3CCC(N4CCc5ccccc5NC4=O)CC3)CC2)CC1. The fourth-order valence-electron chi connectivity index (χ4n) is 7.67. The van der Waals surface area contributed by atoms with Gasteiger partial charge in [0.2, 0.25) is 0 Å². The van der Waals surface area contributed by atoms with Gasteiger partial charge in [0.25, 0.3) is 5.91 Å². The van der Waals surface area contributed by atoms with Gasteiger partial charge in [-0.15, -0.1) is 0 Å². The van der Waals surface area contributed by atoms with E-state index in [0.29, 0.717) is 77.8 Å². The Morgan fingerprint density at radius 1 is 0.788 bits per heavy atom. The van der Waals surface area contributed by atoms with Gasteiger partial charge in [-0.1, -0.05) is 50.1 Å². The predicted octanol–water partition coefficient (Wildman–Crippen LogP) is 6.36. The molecule has 2 aromatic rings. The van der Waals surface area contributed by atoms with Crippen molar-refractivity contribution in [2.45, 2.75) is 83.1 Å². The number of anilines is 1. The standard InChI is InChI=1S/C38H50Br2N6O6/c1-38(2,3)52-37(50)45-13-9-30(10-14-45)42-18-20-43(21-19-42)34(47)33(24-26-22-28(39)25-29(40)23-26)51-36(49)44-15-11-31(12-16-44)46-17-8-27-6-4-5-7-32(27)41-35(46)48/h4-7,22-23,25,30-31,33H,8-21,24H2,1-3H3,(H,41,48)/t33-/m1/s1. The highest BCUT2D eigenvalue weighted by molar-refractivity contribution is 9.11. The van der Waals surface area contributed by atoms with Gasteiger partial charge in [-0.25, -0.2) is 14.4 Å². The Bertz CT molecular complexity index is 1590.